The van der Waals surface area contributed by atoms with Crippen LogP contribution in [-0.4, -0.2) is 43.3 Å². The van der Waals surface area contributed by atoms with Crippen LogP contribution < -0.4 is 0 Å². The summed E-state index contributed by atoms with van der Waals surface area (Å²) in [6.07, 6.45) is 4.58. The van der Waals surface area contributed by atoms with Crippen molar-refractivity contribution >= 4 is 17.7 Å². The predicted octanol–water partition coefficient (Wildman–Crippen LogP) is 3.07. The van der Waals surface area contributed by atoms with Crippen molar-refractivity contribution in [3.8, 4) is 0 Å². The molecular formula is C17H22FN5OS. The van der Waals surface area contributed by atoms with Crippen LogP contribution in [0.3, 0.4) is 0 Å². The van der Waals surface area contributed by atoms with Crippen molar-refractivity contribution in [2.45, 2.75) is 50.4 Å². The summed E-state index contributed by atoms with van der Waals surface area (Å²) in [7, 11) is 0. The quantitative estimate of drug-likeness (QED) is 0.708. The number of hydrogen-bond donors (Lipinski definition) is 0. The van der Waals surface area contributed by atoms with Crippen molar-refractivity contribution < 1.29 is 9.18 Å². The minimum Gasteiger partial charge on any atom is -0.338 e. The third kappa shape index (κ3) is 4.56. The Morgan fingerprint density at radius 2 is 2.20 bits per heavy atom. The van der Waals surface area contributed by atoms with E-state index in [1.54, 1.807) is 11.0 Å². The molecule has 0 unspecified atom stereocenters. The van der Waals surface area contributed by atoms with E-state index in [0.29, 0.717) is 24.3 Å². The number of halogens is 1. The zero-order valence-electron chi connectivity index (χ0n) is 14.3. The lowest BCUT2D eigenvalue weighted by molar-refractivity contribution is -0.128. The molecule has 1 fully saturated rings. The molecule has 1 aliphatic carbocycles. The summed E-state index contributed by atoms with van der Waals surface area (Å²) < 4.78 is 15.2. The van der Waals surface area contributed by atoms with Gasteiger partial charge in [-0.3, -0.25) is 4.79 Å². The predicted molar refractivity (Wildman–Crippen MR) is 93.5 cm³/mol. The monoisotopic (exact) mass is 363 g/mol. The molecular weight excluding hydrogens is 341 g/mol. The first-order chi connectivity index (χ1) is 12.2. The van der Waals surface area contributed by atoms with Gasteiger partial charge in [-0.25, -0.2) is 9.07 Å². The molecule has 6 nitrogen and oxygen atoms in total. The van der Waals surface area contributed by atoms with Crippen molar-refractivity contribution in [2.24, 2.45) is 0 Å². The minimum absolute atomic E-state index is 0.00210. The van der Waals surface area contributed by atoms with Crippen molar-refractivity contribution in [1.82, 2.24) is 25.1 Å². The molecule has 1 heterocycles. The highest BCUT2D eigenvalue weighted by Gasteiger charge is 2.22. The smallest absolute Gasteiger partial charge is 0.233 e. The van der Waals surface area contributed by atoms with Gasteiger partial charge in [-0.05, 0) is 47.9 Å². The van der Waals surface area contributed by atoms with Crippen LogP contribution in [0.2, 0.25) is 0 Å². The molecule has 0 bridgehead atoms. The van der Waals surface area contributed by atoms with Gasteiger partial charge in [0.1, 0.15) is 5.82 Å². The van der Waals surface area contributed by atoms with Crippen LogP contribution in [0.25, 0.3) is 0 Å². The van der Waals surface area contributed by atoms with Crippen molar-refractivity contribution in [1.29, 1.82) is 0 Å². The summed E-state index contributed by atoms with van der Waals surface area (Å²) in [4.78, 5) is 14.2. The van der Waals surface area contributed by atoms with Crippen molar-refractivity contribution in [3.63, 3.8) is 0 Å². The number of carbonyl (C=O) groups is 1. The van der Waals surface area contributed by atoms with Gasteiger partial charge < -0.3 is 4.90 Å². The molecule has 25 heavy (non-hydrogen) atoms. The van der Waals surface area contributed by atoms with Crippen LogP contribution in [-0.2, 0) is 11.3 Å². The summed E-state index contributed by atoms with van der Waals surface area (Å²) in [6.45, 7) is 2.90. The summed E-state index contributed by atoms with van der Waals surface area (Å²) in [5.74, 6) is -0.0140. The molecule has 0 atom stereocenters. The average molecular weight is 363 g/mol. The number of thioether (sulfide) groups is 1. The molecule has 2 aromatic rings. The van der Waals surface area contributed by atoms with E-state index in [-0.39, 0.29) is 17.5 Å². The summed E-state index contributed by atoms with van der Waals surface area (Å²) in [6, 6.07) is 6.70. The number of amides is 1. The molecule has 1 aromatic heterocycles. The van der Waals surface area contributed by atoms with Gasteiger partial charge in [0.25, 0.3) is 0 Å². The zero-order chi connectivity index (χ0) is 17.6. The van der Waals surface area contributed by atoms with E-state index in [9.17, 15) is 9.18 Å². The maximum atomic E-state index is 13.3. The van der Waals surface area contributed by atoms with Crippen molar-refractivity contribution in [2.75, 3.05) is 12.3 Å². The minimum atomic E-state index is -0.286. The standard InChI is InChI=1S/C17H22FN5OS/c1-2-22(11-13-6-5-7-14(18)10-13)16(24)12-25-17-19-20-21-23(17)15-8-3-4-9-15/h5-7,10,15H,2-4,8-9,11-12H2,1H3. The topological polar surface area (TPSA) is 63.9 Å². The Bertz CT molecular complexity index is 717. The summed E-state index contributed by atoms with van der Waals surface area (Å²) in [5.41, 5.74) is 0.788. The highest BCUT2D eigenvalue weighted by Crippen LogP contribution is 2.31. The lowest BCUT2D eigenvalue weighted by atomic mass is 10.2. The second kappa shape index (κ2) is 8.42. The number of aromatic nitrogens is 4. The maximum absolute atomic E-state index is 13.3. The highest BCUT2D eigenvalue weighted by molar-refractivity contribution is 7.99. The maximum Gasteiger partial charge on any atom is 0.233 e. The number of nitrogens with zero attached hydrogens (tertiary/aromatic N) is 5. The van der Waals surface area contributed by atoms with Crippen LogP contribution in [0.4, 0.5) is 4.39 Å². The van der Waals surface area contributed by atoms with Crippen LogP contribution in [0.15, 0.2) is 29.4 Å². The first-order valence-electron chi connectivity index (χ1n) is 8.60. The van der Waals surface area contributed by atoms with E-state index in [0.717, 1.165) is 18.4 Å². The Balaban J connectivity index is 1.58. The van der Waals surface area contributed by atoms with Crippen LogP contribution in [0, 0.1) is 5.82 Å². The fraction of sp³-hybridized carbons (Fsp3) is 0.529. The molecule has 134 valence electrons. The number of carbonyl (C=O) groups excluding carboxylic acids is 1. The SMILES string of the molecule is CCN(Cc1cccc(F)c1)C(=O)CSc1nnnn1C1CCCC1. The molecule has 0 spiro atoms. The molecule has 1 aliphatic rings. The third-order valence-electron chi connectivity index (χ3n) is 4.45. The number of tetrazole rings is 1. The average Bonchev–Trinajstić information content (AvgIpc) is 3.28. The second-order valence-electron chi connectivity index (χ2n) is 6.17. The van der Waals surface area contributed by atoms with E-state index in [2.05, 4.69) is 15.5 Å². The molecule has 1 saturated carbocycles. The zero-order valence-corrected chi connectivity index (χ0v) is 15.1. The molecule has 3 rings (SSSR count). The number of benzene rings is 1. The molecule has 8 heteroatoms. The Hall–Kier alpha value is -1.96. The lowest BCUT2D eigenvalue weighted by Gasteiger charge is -2.21. The van der Waals surface area contributed by atoms with Gasteiger partial charge >= 0.3 is 0 Å². The number of hydrogen-bond acceptors (Lipinski definition) is 5. The van der Waals surface area contributed by atoms with Gasteiger partial charge in [0.15, 0.2) is 0 Å². The lowest BCUT2D eigenvalue weighted by Crippen LogP contribution is -2.31. The van der Waals surface area contributed by atoms with Gasteiger partial charge in [0.05, 0.1) is 11.8 Å². The molecule has 1 amide bonds. The van der Waals surface area contributed by atoms with E-state index >= 15 is 0 Å². The molecule has 0 radical (unpaired) electrons. The Kier molecular flexibility index (Phi) is 6.01. The third-order valence-corrected chi connectivity index (χ3v) is 5.37. The van der Waals surface area contributed by atoms with Gasteiger partial charge in [0.2, 0.25) is 11.1 Å². The van der Waals surface area contributed by atoms with E-state index in [1.165, 1.54) is 36.7 Å². The van der Waals surface area contributed by atoms with Crippen LogP contribution in [0.1, 0.15) is 44.2 Å². The van der Waals surface area contributed by atoms with E-state index in [4.69, 9.17) is 0 Å². The highest BCUT2D eigenvalue weighted by atomic mass is 32.2. The molecule has 0 aliphatic heterocycles. The molecule has 0 N–H and O–H groups in total. The first-order valence-corrected chi connectivity index (χ1v) is 9.59. The normalized spacial score (nSPS) is 14.8. The fourth-order valence-corrected chi connectivity index (χ4v) is 3.96. The number of rotatable bonds is 7. The Morgan fingerprint density at radius 1 is 1.40 bits per heavy atom. The van der Waals surface area contributed by atoms with Gasteiger partial charge in [0, 0.05) is 13.1 Å². The van der Waals surface area contributed by atoms with Crippen molar-refractivity contribution in [3.05, 3.63) is 35.6 Å². The largest absolute Gasteiger partial charge is 0.338 e. The Morgan fingerprint density at radius 3 is 2.92 bits per heavy atom. The summed E-state index contributed by atoms with van der Waals surface area (Å²) >= 11 is 1.37. The van der Waals surface area contributed by atoms with Gasteiger partial charge in [-0.1, -0.05) is 36.7 Å². The van der Waals surface area contributed by atoms with Crippen LogP contribution in [0.5, 0.6) is 0 Å². The molecule has 1 aromatic carbocycles. The Labute approximate surface area is 150 Å². The fourth-order valence-electron chi connectivity index (χ4n) is 3.11. The molecule has 0 saturated heterocycles. The van der Waals surface area contributed by atoms with Crippen LogP contribution >= 0.6 is 11.8 Å². The second-order valence-corrected chi connectivity index (χ2v) is 7.11. The van der Waals surface area contributed by atoms with Gasteiger partial charge in [-0.2, -0.15) is 0 Å². The first kappa shape index (κ1) is 17.8. The van der Waals surface area contributed by atoms with E-state index < -0.39 is 0 Å². The van der Waals surface area contributed by atoms with E-state index in [1.807, 2.05) is 17.7 Å². The van der Waals surface area contributed by atoms with Gasteiger partial charge in [-0.15, -0.1) is 5.10 Å². The summed E-state index contributed by atoms with van der Waals surface area (Å²) in [5, 5.41) is 12.6.